The molecule has 0 aromatic heterocycles. The van der Waals surface area contributed by atoms with Crippen LogP contribution >= 0.6 is 11.6 Å². The quantitative estimate of drug-likeness (QED) is 0.814. The third-order valence-corrected chi connectivity index (χ3v) is 3.17. The van der Waals surface area contributed by atoms with Gasteiger partial charge in [0, 0.05) is 10.7 Å². The predicted molar refractivity (Wildman–Crippen MR) is 78.2 cm³/mol. The molecule has 0 unspecified atom stereocenters. The summed E-state index contributed by atoms with van der Waals surface area (Å²) < 4.78 is 0. The van der Waals surface area contributed by atoms with E-state index in [-0.39, 0.29) is 17.9 Å². The molecule has 0 aliphatic rings. The van der Waals surface area contributed by atoms with Gasteiger partial charge in [-0.05, 0) is 42.3 Å². The zero-order valence-electron chi connectivity index (χ0n) is 10.9. The number of amides is 1. The Labute approximate surface area is 121 Å². The van der Waals surface area contributed by atoms with E-state index in [9.17, 15) is 9.90 Å². The lowest BCUT2D eigenvalue weighted by Gasteiger charge is -2.11. The van der Waals surface area contributed by atoms with Crippen LogP contribution in [0.25, 0.3) is 0 Å². The summed E-state index contributed by atoms with van der Waals surface area (Å²) in [5, 5.41) is 21.9. The van der Waals surface area contributed by atoms with Gasteiger partial charge in [0.1, 0.15) is 5.75 Å². The van der Waals surface area contributed by atoms with Crippen molar-refractivity contribution in [3.05, 3.63) is 58.1 Å². The Bertz CT molecular complexity index is 656. The van der Waals surface area contributed by atoms with Gasteiger partial charge in [0.25, 0.3) is 5.91 Å². The average Bonchev–Trinajstić information content (AvgIpc) is 2.41. The third kappa shape index (κ3) is 3.10. The fraction of sp³-hybridized carbons (Fsp3) is 0.133. The number of phenolic OH excluding ortho intramolecular Hbond substituents is 1. The Balaban J connectivity index is 2.27. The van der Waals surface area contributed by atoms with Gasteiger partial charge in [0.15, 0.2) is 0 Å². The summed E-state index contributed by atoms with van der Waals surface area (Å²) >= 11 is 5.73. The second kappa shape index (κ2) is 5.94. The minimum absolute atomic E-state index is 0.102. The summed E-state index contributed by atoms with van der Waals surface area (Å²) in [5.74, 6) is -0.608. The molecule has 0 saturated heterocycles. The molecule has 0 fully saturated rings. The molecule has 1 amide bonds. The Morgan fingerprint density at radius 2 is 2.00 bits per heavy atom. The second-order valence-corrected chi connectivity index (χ2v) is 4.86. The average molecular weight is 292 g/mol. The van der Waals surface area contributed by atoms with Crippen molar-refractivity contribution in [3.8, 4) is 5.75 Å². The number of aliphatic hydroxyl groups is 1. The van der Waals surface area contributed by atoms with E-state index in [4.69, 9.17) is 16.7 Å². The highest BCUT2D eigenvalue weighted by atomic mass is 35.5. The Hall–Kier alpha value is -2.04. The largest absolute Gasteiger partial charge is 0.507 e. The molecule has 0 atom stereocenters. The van der Waals surface area contributed by atoms with Gasteiger partial charge < -0.3 is 15.5 Å². The van der Waals surface area contributed by atoms with E-state index in [1.165, 1.54) is 18.2 Å². The molecule has 4 nitrogen and oxygen atoms in total. The normalized spacial score (nSPS) is 10.3. The van der Waals surface area contributed by atoms with Crippen LogP contribution in [0.3, 0.4) is 0 Å². The number of hydrogen-bond acceptors (Lipinski definition) is 3. The Kier molecular flexibility index (Phi) is 4.27. The fourth-order valence-electron chi connectivity index (χ4n) is 1.79. The van der Waals surface area contributed by atoms with Crippen LogP contribution in [0.1, 0.15) is 21.5 Å². The Morgan fingerprint density at radius 3 is 2.65 bits per heavy atom. The number of rotatable bonds is 3. The first-order valence-corrected chi connectivity index (χ1v) is 6.39. The van der Waals surface area contributed by atoms with E-state index in [2.05, 4.69) is 5.32 Å². The molecule has 3 N–H and O–H groups in total. The van der Waals surface area contributed by atoms with Gasteiger partial charge in [0.2, 0.25) is 0 Å². The molecular weight excluding hydrogens is 278 g/mol. The van der Waals surface area contributed by atoms with Crippen LogP contribution < -0.4 is 5.32 Å². The van der Waals surface area contributed by atoms with E-state index in [0.717, 1.165) is 5.56 Å². The molecule has 0 heterocycles. The fourth-order valence-corrected chi connectivity index (χ4v) is 1.95. The highest BCUT2D eigenvalue weighted by molar-refractivity contribution is 6.31. The lowest BCUT2D eigenvalue weighted by atomic mass is 10.1. The number of carbonyl (C=O) groups is 1. The standard InChI is InChI=1S/C15H14ClNO3/c1-9-2-3-10(8-18)6-13(9)17-15(20)12-5-4-11(16)7-14(12)19/h2-7,18-19H,8H2,1H3,(H,17,20). The summed E-state index contributed by atoms with van der Waals surface area (Å²) in [6.45, 7) is 1.74. The minimum Gasteiger partial charge on any atom is -0.507 e. The van der Waals surface area contributed by atoms with Gasteiger partial charge in [-0.25, -0.2) is 0 Å². The highest BCUT2D eigenvalue weighted by Gasteiger charge is 2.13. The highest BCUT2D eigenvalue weighted by Crippen LogP contribution is 2.24. The van der Waals surface area contributed by atoms with Crippen molar-refractivity contribution >= 4 is 23.2 Å². The first kappa shape index (κ1) is 14.4. The molecule has 2 rings (SSSR count). The first-order valence-electron chi connectivity index (χ1n) is 6.01. The minimum atomic E-state index is -0.433. The SMILES string of the molecule is Cc1ccc(CO)cc1NC(=O)c1ccc(Cl)cc1O. The van der Waals surface area contributed by atoms with Crippen LogP contribution in [0.5, 0.6) is 5.75 Å². The van der Waals surface area contributed by atoms with Gasteiger partial charge in [0.05, 0.1) is 12.2 Å². The summed E-state index contributed by atoms with van der Waals surface area (Å²) in [7, 11) is 0. The lowest BCUT2D eigenvalue weighted by Crippen LogP contribution is -2.13. The summed E-state index contributed by atoms with van der Waals surface area (Å²) in [6, 6.07) is 9.59. The molecule has 0 bridgehead atoms. The van der Waals surface area contributed by atoms with Crippen molar-refractivity contribution in [1.82, 2.24) is 0 Å². The monoisotopic (exact) mass is 291 g/mol. The lowest BCUT2D eigenvalue weighted by molar-refractivity contribution is 0.102. The number of phenols is 1. The van der Waals surface area contributed by atoms with E-state index in [1.807, 2.05) is 13.0 Å². The van der Waals surface area contributed by atoms with Gasteiger partial charge in [-0.3, -0.25) is 4.79 Å². The zero-order chi connectivity index (χ0) is 14.7. The number of anilines is 1. The zero-order valence-corrected chi connectivity index (χ0v) is 11.6. The smallest absolute Gasteiger partial charge is 0.259 e. The molecule has 0 saturated carbocycles. The van der Waals surface area contributed by atoms with Crippen LogP contribution in [0.4, 0.5) is 5.69 Å². The number of benzene rings is 2. The van der Waals surface area contributed by atoms with Gasteiger partial charge >= 0.3 is 0 Å². The number of aliphatic hydroxyl groups excluding tert-OH is 1. The molecular formula is C15H14ClNO3. The number of carbonyl (C=O) groups excluding carboxylic acids is 1. The summed E-state index contributed by atoms with van der Waals surface area (Å²) in [5.41, 5.74) is 2.30. The van der Waals surface area contributed by atoms with Crippen molar-refractivity contribution in [2.75, 3.05) is 5.32 Å². The van der Waals surface area contributed by atoms with Crippen molar-refractivity contribution in [3.63, 3.8) is 0 Å². The summed E-state index contributed by atoms with van der Waals surface area (Å²) in [6.07, 6.45) is 0. The molecule has 0 radical (unpaired) electrons. The third-order valence-electron chi connectivity index (χ3n) is 2.94. The maximum atomic E-state index is 12.1. The first-order chi connectivity index (χ1) is 9.51. The topological polar surface area (TPSA) is 69.6 Å². The van der Waals surface area contributed by atoms with E-state index in [0.29, 0.717) is 16.3 Å². The number of aryl methyl sites for hydroxylation is 1. The van der Waals surface area contributed by atoms with Crippen molar-refractivity contribution in [1.29, 1.82) is 0 Å². The van der Waals surface area contributed by atoms with Gasteiger partial charge in [-0.15, -0.1) is 0 Å². The van der Waals surface area contributed by atoms with Crippen LogP contribution in [0.2, 0.25) is 5.02 Å². The second-order valence-electron chi connectivity index (χ2n) is 4.42. The molecule has 20 heavy (non-hydrogen) atoms. The molecule has 0 aliphatic carbocycles. The number of hydrogen-bond donors (Lipinski definition) is 3. The van der Waals surface area contributed by atoms with Crippen LogP contribution in [-0.2, 0) is 6.61 Å². The summed E-state index contributed by atoms with van der Waals surface area (Å²) in [4.78, 5) is 12.1. The number of nitrogens with one attached hydrogen (secondary N) is 1. The van der Waals surface area contributed by atoms with E-state index >= 15 is 0 Å². The maximum Gasteiger partial charge on any atom is 0.259 e. The van der Waals surface area contributed by atoms with Gasteiger partial charge in [-0.2, -0.15) is 0 Å². The van der Waals surface area contributed by atoms with Crippen molar-refractivity contribution in [2.24, 2.45) is 0 Å². The van der Waals surface area contributed by atoms with E-state index in [1.54, 1.807) is 12.1 Å². The van der Waals surface area contributed by atoms with E-state index < -0.39 is 5.91 Å². The molecule has 2 aromatic rings. The molecule has 2 aromatic carbocycles. The van der Waals surface area contributed by atoms with Crippen LogP contribution in [0, 0.1) is 6.92 Å². The van der Waals surface area contributed by atoms with Crippen LogP contribution in [0.15, 0.2) is 36.4 Å². The molecule has 104 valence electrons. The van der Waals surface area contributed by atoms with Gasteiger partial charge in [-0.1, -0.05) is 23.7 Å². The van der Waals surface area contributed by atoms with Crippen LogP contribution in [-0.4, -0.2) is 16.1 Å². The predicted octanol–water partition coefficient (Wildman–Crippen LogP) is 3.10. The van der Waals surface area contributed by atoms with Crippen molar-refractivity contribution < 1.29 is 15.0 Å². The molecule has 0 aliphatic heterocycles. The Morgan fingerprint density at radius 1 is 1.25 bits per heavy atom. The number of halogens is 1. The molecule has 0 spiro atoms. The molecule has 5 heteroatoms. The maximum absolute atomic E-state index is 12.1. The number of aromatic hydroxyl groups is 1. The van der Waals surface area contributed by atoms with Crippen molar-refractivity contribution in [2.45, 2.75) is 13.5 Å².